The van der Waals surface area contributed by atoms with Gasteiger partial charge in [0.05, 0.1) is 7.11 Å². The molecule has 0 heterocycles. The summed E-state index contributed by atoms with van der Waals surface area (Å²) in [5.74, 6) is -2.44. The molecule has 1 atom stereocenters. The van der Waals surface area contributed by atoms with E-state index in [9.17, 15) is 14.3 Å². The molecule has 4 nitrogen and oxygen atoms in total. The smallest absolute Gasteiger partial charge is 0.337 e. The SMILES string of the molecule is COc1c(F)cc(Br)c(C)c1C(O)C(=O)O. The molecule has 1 aromatic rings. The van der Waals surface area contributed by atoms with Gasteiger partial charge in [0.15, 0.2) is 17.7 Å². The van der Waals surface area contributed by atoms with Gasteiger partial charge in [-0.1, -0.05) is 15.9 Å². The molecule has 0 radical (unpaired) electrons. The van der Waals surface area contributed by atoms with Gasteiger partial charge in [-0.15, -0.1) is 0 Å². The van der Waals surface area contributed by atoms with Crippen molar-refractivity contribution in [3.05, 3.63) is 27.5 Å². The van der Waals surface area contributed by atoms with Gasteiger partial charge in [0.25, 0.3) is 0 Å². The molecule has 0 aliphatic rings. The minimum absolute atomic E-state index is 0.0816. The molecular weight excluding hydrogens is 283 g/mol. The van der Waals surface area contributed by atoms with Crippen molar-refractivity contribution in [2.75, 3.05) is 7.11 Å². The number of halogens is 2. The van der Waals surface area contributed by atoms with Crippen molar-refractivity contribution in [3.63, 3.8) is 0 Å². The number of hydrogen-bond donors (Lipinski definition) is 2. The fourth-order valence-corrected chi connectivity index (χ4v) is 1.79. The number of methoxy groups -OCH3 is 1. The van der Waals surface area contributed by atoms with Crippen LogP contribution in [0.25, 0.3) is 0 Å². The molecule has 0 spiro atoms. The second-order valence-corrected chi connectivity index (χ2v) is 4.01. The lowest BCUT2D eigenvalue weighted by atomic mass is 10.0. The number of carboxylic acid groups (broad SMARTS) is 1. The number of carbonyl (C=O) groups is 1. The average Bonchev–Trinajstić information content (AvgIpc) is 2.21. The van der Waals surface area contributed by atoms with E-state index in [-0.39, 0.29) is 11.3 Å². The van der Waals surface area contributed by atoms with Crippen LogP contribution < -0.4 is 4.74 Å². The standard InChI is InChI=1S/C10H10BrFO4/c1-4-5(11)3-6(12)9(16-2)7(4)8(13)10(14)15/h3,8,13H,1-2H3,(H,14,15). The van der Waals surface area contributed by atoms with Crippen LogP contribution in [0, 0.1) is 12.7 Å². The maximum atomic E-state index is 13.5. The third-order valence-electron chi connectivity index (χ3n) is 2.19. The molecule has 0 aliphatic heterocycles. The Bertz CT molecular complexity index is 433. The summed E-state index contributed by atoms with van der Waals surface area (Å²) in [5.41, 5.74) is 0.343. The van der Waals surface area contributed by atoms with Crippen molar-refractivity contribution in [2.45, 2.75) is 13.0 Å². The summed E-state index contributed by atoms with van der Waals surface area (Å²) in [4.78, 5) is 10.7. The number of rotatable bonds is 3. The summed E-state index contributed by atoms with van der Waals surface area (Å²) in [6.07, 6.45) is -1.82. The monoisotopic (exact) mass is 292 g/mol. The highest BCUT2D eigenvalue weighted by atomic mass is 79.9. The Morgan fingerprint density at radius 1 is 1.62 bits per heavy atom. The van der Waals surface area contributed by atoms with Crippen LogP contribution in [0.2, 0.25) is 0 Å². The fraction of sp³-hybridized carbons (Fsp3) is 0.300. The van der Waals surface area contributed by atoms with E-state index < -0.39 is 17.9 Å². The highest BCUT2D eigenvalue weighted by Gasteiger charge is 2.26. The number of aliphatic hydroxyl groups excluding tert-OH is 1. The van der Waals surface area contributed by atoms with Crippen LogP contribution in [0.3, 0.4) is 0 Å². The molecule has 0 amide bonds. The van der Waals surface area contributed by atoms with Crippen LogP contribution >= 0.6 is 15.9 Å². The maximum absolute atomic E-state index is 13.5. The molecule has 2 N–H and O–H groups in total. The summed E-state index contributed by atoms with van der Waals surface area (Å²) in [5, 5.41) is 18.2. The van der Waals surface area contributed by atoms with Gasteiger partial charge in [0.1, 0.15) is 0 Å². The first kappa shape index (κ1) is 12.9. The Kier molecular flexibility index (Phi) is 3.88. The highest BCUT2D eigenvalue weighted by Crippen LogP contribution is 2.35. The van der Waals surface area contributed by atoms with Crippen molar-refractivity contribution in [3.8, 4) is 5.75 Å². The number of hydrogen-bond acceptors (Lipinski definition) is 3. The lowest BCUT2D eigenvalue weighted by molar-refractivity contribution is -0.147. The number of aliphatic hydroxyl groups is 1. The minimum Gasteiger partial charge on any atom is -0.493 e. The molecule has 0 fully saturated rings. The van der Waals surface area contributed by atoms with Gasteiger partial charge in [-0.25, -0.2) is 9.18 Å². The lowest BCUT2D eigenvalue weighted by Gasteiger charge is -2.16. The normalized spacial score (nSPS) is 12.3. The summed E-state index contributed by atoms with van der Waals surface area (Å²) in [7, 11) is 1.21. The molecule has 6 heteroatoms. The third kappa shape index (κ3) is 2.17. The molecule has 1 rings (SSSR count). The first-order chi connectivity index (χ1) is 7.40. The molecule has 88 valence electrons. The summed E-state index contributed by atoms with van der Waals surface area (Å²) >= 11 is 3.08. The largest absolute Gasteiger partial charge is 0.493 e. The molecule has 1 aromatic carbocycles. The van der Waals surface area contributed by atoms with E-state index in [2.05, 4.69) is 15.9 Å². The highest BCUT2D eigenvalue weighted by molar-refractivity contribution is 9.10. The minimum atomic E-state index is -1.82. The van der Waals surface area contributed by atoms with Crippen LogP contribution in [-0.2, 0) is 4.79 Å². The van der Waals surface area contributed by atoms with Crippen LogP contribution in [0.15, 0.2) is 10.5 Å². The van der Waals surface area contributed by atoms with E-state index in [0.717, 1.165) is 6.07 Å². The molecule has 0 aliphatic carbocycles. The molecule has 16 heavy (non-hydrogen) atoms. The predicted molar refractivity (Wildman–Crippen MR) is 58.0 cm³/mol. The zero-order valence-corrected chi connectivity index (χ0v) is 10.2. The molecule has 0 aromatic heterocycles. The predicted octanol–water partition coefficient (Wildman–Crippen LogP) is 2.02. The Morgan fingerprint density at radius 2 is 2.19 bits per heavy atom. The van der Waals surface area contributed by atoms with Crippen molar-refractivity contribution in [2.24, 2.45) is 0 Å². The summed E-state index contributed by atoms with van der Waals surface area (Å²) in [6.45, 7) is 1.56. The number of carboxylic acids is 1. The van der Waals surface area contributed by atoms with Gasteiger partial charge >= 0.3 is 5.97 Å². The molecular formula is C10H10BrFO4. The second kappa shape index (κ2) is 4.80. The number of benzene rings is 1. The van der Waals surface area contributed by atoms with Crippen LogP contribution in [0.1, 0.15) is 17.2 Å². The van der Waals surface area contributed by atoms with Gasteiger partial charge in [0.2, 0.25) is 0 Å². The van der Waals surface area contributed by atoms with Crippen LogP contribution in [0.5, 0.6) is 5.75 Å². The second-order valence-electron chi connectivity index (χ2n) is 3.15. The van der Waals surface area contributed by atoms with Crippen molar-refractivity contribution in [1.29, 1.82) is 0 Å². The van der Waals surface area contributed by atoms with Gasteiger partial charge < -0.3 is 14.9 Å². The van der Waals surface area contributed by atoms with Gasteiger partial charge in [-0.05, 0) is 18.6 Å². The molecule has 0 saturated carbocycles. The topological polar surface area (TPSA) is 66.8 Å². The van der Waals surface area contributed by atoms with E-state index in [1.807, 2.05) is 0 Å². The Balaban J connectivity index is 3.50. The fourth-order valence-electron chi connectivity index (χ4n) is 1.37. The van der Waals surface area contributed by atoms with Crippen molar-refractivity contribution in [1.82, 2.24) is 0 Å². The van der Waals surface area contributed by atoms with Gasteiger partial charge in [-0.2, -0.15) is 0 Å². The Hall–Kier alpha value is -1.14. The maximum Gasteiger partial charge on any atom is 0.337 e. The van der Waals surface area contributed by atoms with Gasteiger partial charge in [-0.3, -0.25) is 0 Å². The van der Waals surface area contributed by atoms with E-state index in [0.29, 0.717) is 10.0 Å². The molecule has 0 saturated heterocycles. The first-order valence-corrected chi connectivity index (χ1v) is 5.12. The zero-order chi connectivity index (χ0) is 12.5. The average molecular weight is 293 g/mol. The van der Waals surface area contributed by atoms with Crippen molar-refractivity contribution < 1.29 is 24.1 Å². The Labute approximate surface area is 99.8 Å². The first-order valence-electron chi connectivity index (χ1n) is 4.33. The van der Waals surface area contributed by atoms with E-state index in [1.54, 1.807) is 6.92 Å². The van der Waals surface area contributed by atoms with Crippen LogP contribution in [-0.4, -0.2) is 23.3 Å². The van der Waals surface area contributed by atoms with Crippen LogP contribution in [0.4, 0.5) is 4.39 Å². The number of aliphatic carboxylic acids is 1. The van der Waals surface area contributed by atoms with Gasteiger partial charge in [0, 0.05) is 10.0 Å². The molecule has 1 unspecified atom stereocenters. The quantitative estimate of drug-likeness (QED) is 0.894. The summed E-state index contributed by atoms with van der Waals surface area (Å²) in [6, 6.07) is 1.16. The van der Waals surface area contributed by atoms with E-state index >= 15 is 0 Å². The third-order valence-corrected chi connectivity index (χ3v) is 3.01. The lowest BCUT2D eigenvalue weighted by Crippen LogP contribution is -2.14. The van der Waals surface area contributed by atoms with E-state index in [1.165, 1.54) is 7.11 Å². The van der Waals surface area contributed by atoms with Crippen molar-refractivity contribution >= 4 is 21.9 Å². The zero-order valence-electron chi connectivity index (χ0n) is 8.62. The Morgan fingerprint density at radius 3 is 2.62 bits per heavy atom. The summed E-state index contributed by atoms with van der Waals surface area (Å²) < 4.78 is 18.6. The van der Waals surface area contributed by atoms with E-state index in [4.69, 9.17) is 9.84 Å². The number of ether oxygens (including phenoxy) is 1. The molecule has 0 bridgehead atoms.